The average molecular weight is 305 g/mol. The van der Waals surface area contributed by atoms with E-state index < -0.39 is 0 Å². The Labute approximate surface area is 128 Å². The van der Waals surface area contributed by atoms with Crippen LogP contribution in [0.4, 0.5) is 11.4 Å². The van der Waals surface area contributed by atoms with E-state index in [1.54, 1.807) is 24.3 Å². The average Bonchev–Trinajstić information content (AvgIpc) is 2.43. The number of ether oxygens (including phenoxy) is 1. The zero-order valence-corrected chi connectivity index (χ0v) is 12.7. The number of halogens is 1. The van der Waals surface area contributed by atoms with Gasteiger partial charge in [0.15, 0.2) is 6.61 Å². The van der Waals surface area contributed by atoms with Gasteiger partial charge in [-0.1, -0.05) is 23.7 Å². The number of aryl methyl sites for hydroxylation is 2. The molecule has 0 aliphatic heterocycles. The van der Waals surface area contributed by atoms with Crippen molar-refractivity contribution >= 4 is 28.9 Å². The zero-order chi connectivity index (χ0) is 15.4. The largest absolute Gasteiger partial charge is 0.483 e. The number of nitrogens with one attached hydrogen (secondary N) is 1. The number of hydrogen-bond donors (Lipinski definition) is 2. The van der Waals surface area contributed by atoms with Crippen molar-refractivity contribution in [1.82, 2.24) is 0 Å². The molecule has 2 aromatic rings. The molecule has 0 aromatic heterocycles. The van der Waals surface area contributed by atoms with Crippen molar-refractivity contribution in [2.24, 2.45) is 0 Å². The lowest BCUT2D eigenvalue weighted by Gasteiger charge is -2.11. The molecular formula is C16H17ClN2O2. The van der Waals surface area contributed by atoms with Crippen LogP contribution in [0.1, 0.15) is 11.1 Å². The SMILES string of the molecule is Cc1ccc(NC(=O)COc2cc(Cl)ccc2C)c(N)c1. The molecule has 0 saturated carbocycles. The Morgan fingerprint density at radius 1 is 1.24 bits per heavy atom. The van der Waals surface area contributed by atoms with E-state index >= 15 is 0 Å². The summed E-state index contributed by atoms with van der Waals surface area (Å²) < 4.78 is 5.48. The molecule has 0 saturated heterocycles. The van der Waals surface area contributed by atoms with E-state index in [-0.39, 0.29) is 12.5 Å². The molecule has 0 spiro atoms. The molecule has 0 aliphatic carbocycles. The van der Waals surface area contributed by atoms with Gasteiger partial charge >= 0.3 is 0 Å². The molecule has 21 heavy (non-hydrogen) atoms. The number of anilines is 2. The Bertz CT molecular complexity index is 671. The molecular weight excluding hydrogens is 288 g/mol. The van der Waals surface area contributed by atoms with Crippen LogP contribution in [0.15, 0.2) is 36.4 Å². The standard InChI is InChI=1S/C16H17ClN2O2/c1-10-3-6-14(13(18)7-10)19-16(20)9-21-15-8-12(17)5-4-11(15)2/h3-8H,9,18H2,1-2H3,(H,19,20). The second kappa shape index (κ2) is 6.50. The van der Waals surface area contributed by atoms with E-state index in [0.717, 1.165) is 11.1 Å². The van der Waals surface area contributed by atoms with Crippen LogP contribution in [0, 0.1) is 13.8 Å². The van der Waals surface area contributed by atoms with Gasteiger partial charge in [-0.05, 0) is 49.2 Å². The molecule has 0 bridgehead atoms. The predicted octanol–water partition coefficient (Wildman–Crippen LogP) is 3.56. The Balaban J connectivity index is 1.97. The summed E-state index contributed by atoms with van der Waals surface area (Å²) in [6.45, 7) is 3.73. The minimum atomic E-state index is -0.273. The number of nitrogen functional groups attached to an aromatic ring is 1. The smallest absolute Gasteiger partial charge is 0.262 e. The molecule has 110 valence electrons. The molecule has 0 aliphatic rings. The maximum Gasteiger partial charge on any atom is 0.262 e. The van der Waals surface area contributed by atoms with E-state index in [2.05, 4.69) is 5.32 Å². The van der Waals surface area contributed by atoms with Gasteiger partial charge in [-0.2, -0.15) is 0 Å². The first-order valence-corrected chi connectivity index (χ1v) is 6.88. The van der Waals surface area contributed by atoms with Gasteiger partial charge < -0.3 is 15.8 Å². The van der Waals surface area contributed by atoms with Gasteiger partial charge in [0, 0.05) is 5.02 Å². The Morgan fingerprint density at radius 3 is 2.71 bits per heavy atom. The normalized spacial score (nSPS) is 10.2. The van der Waals surface area contributed by atoms with E-state index in [1.807, 2.05) is 26.0 Å². The van der Waals surface area contributed by atoms with Crippen LogP contribution >= 0.6 is 11.6 Å². The number of carbonyl (C=O) groups is 1. The van der Waals surface area contributed by atoms with Crippen LogP contribution in [0.3, 0.4) is 0 Å². The number of carbonyl (C=O) groups excluding carboxylic acids is 1. The van der Waals surface area contributed by atoms with Crippen LogP contribution in [-0.2, 0) is 4.79 Å². The molecule has 2 aromatic carbocycles. The molecule has 5 heteroatoms. The highest BCUT2D eigenvalue weighted by Crippen LogP contribution is 2.23. The summed E-state index contributed by atoms with van der Waals surface area (Å²) in [6.07, 6.45) is 0. The second-order valence-corrected chi connectivity index (χ2v) is 5.27. The van der Waals surface area contributed by atoms with E-state index in [9.17, 15) is 4.79 Å². The van der Waals surface area contributed by atoms with E-state index in [4.69, 9.17) is 22.1 Å². The quantitative estimate of drug-likeness (QED) is 0.849. The number of hydrogen-bond acceptors (Lipinski definition) is 3. The fourth-order valence-corrected chi connectivity index (χ4v) is 2.02. The topological polar surface area (TPSA) is 64.3 Å². The van der Waals surface area contributed by atoms with Gasteiger partial charge in [0.05, 0.1) is 11.4 Å². The van der Waals surface area contributed by atoms with Crippen molar-refractivity contribution in [3.63, 3.8) is 0 Å². The lowest BCUT2D eigenvalue weighted by atomic mass is 10.2. The van der Waals surface area contributed by atoms with Gasteiger partial charge in [-0.3, -0.25) is 4.79 Å². The summed E-state index contributed by atoms with van der Waals surface area (Å²) >= 11 is 5.90. The number of nitrogens with two attached hydrogens (primary N) is 1. The molecule has 0 unspecified atom stereocenters. The number of amides is 1. The van der Waals surface area contributed by atoms with Crippen molar-refractivity contribution in [3.05, 3.63) is 52.5 Å². The number of benzene rings is 2. The summed E-state index contributed by atoms with van der Waals surface area (Å²) in [7, 11) is 0. The molecule has 0 heterocycles. The lowest BCUT2D eigenvalue weighted by Crippen LogP contribution is -2.21. The van der Waals surface area contributed by atoms with Gasteiger partial charge in [-0.25, -0.2) is 0 Å². The van der Waals surface area contributed by atoms with Crippen molar-refractivity contribution in [2.75, 3.05) is 17.7 Å². The Hall–Kier alpha value is -2.20. The van der Waals surface area contributed by atoms with Crippen LogP contribution in [0.2, 0.25) is 5.02 Å². The van der Waals surface area contributed by atoms with Gasteiger partial charge in [0.25, 0.3) is 5.91 Å². The lowest BCUT2D eigenvalue weighted by molar-refractivity contribution is -0.118. The van der Waals surface area contributed by atoms with Gasteiger partial charge in [0.2, 0.25) is 0 Å². The second-order valence-electron chi connectivity index (χ2n) is 4.84. The van der Waals surface area contributed by atoms with E-state index in [1.165, 1.54) is 0 Å². The highest BCUT2D eigenvalue weighted by molar-refractivity contribution is 6.30. The Morgan fingerprint density at radius 2 is 2.00 bits per heavy atom. The predicted molar refractivity (Wildman–Crippen MR) is 85.9 cm³/mol. The Kier molecular flexibility index (Phi) is 4.70. The third-order valence-corrected chi connectivity index (χ3v) is 3.23. The van der Waals surface area contributed by atoms with Gasteiger partial charge in [-0.15, -0.1) is 0 Å². The summed E-state index contributed by atoms with van der Waals surface area (Å²) in [6, 6.07) is 10.8. The highest BCUT2D eigenvalue weighted by atomic mass is 35.5. The van der Waals surface area contributed by atoms with Crippen molar-refractivity contribution in [3.8, 4) is 5.75 Å². The summed E-state index contributed by atoms with van der Waals surface area (Å²) in [5.74, 6) is 0.319. The van der Waals surface area contributed by atoms with Crippen LogP contribution in [0.5, 0.6) is 5.75 Å². The van der Waals surface area contributed by atoms with Crippen molar-refractivity contribution in [2.45, 2.75) is 13.8 Å². The van der Waals surface area contributed by atoms with Crippen LogP contribution in [-0.4, -0.2) is 12.5 Å². The third kappa shape index (κ3) is 4.13. The monoisotopic (exact) mass is 304 g/mol. The fourth-order valence-electron chi connectivity index (χ4n) is 1.85. The molecule has 3 N–H and O–H groups in total. The summed E-state index contributed by atoms with van der Waals surface area (Å²) in [5.41, 5.74) is 8.92. The van der Waals surface area contributed by atoms with Crippen LogP contribution < -0.4 is 15.8 Å². The number of rotatable bonds is 4. The fraction of sp³-hybridized carbons (Fsp3) is 0.188. The highest BCUT2D eigenvalue weighted by Gasteiger charge is 2.08. The molecule has 0 atom stereocenters. The first-order chi connectivity index (χ1) is 9.95. The maximum absolute atomic E-state index is 11.9. The first kappa shape index (κ1) is 15.2. The molecule has 4 nitrogen and oxygen atoms in total. The summed E-state index contributed by atoms with van der Waals surface area (Å²) in [4.78, 5) is 11.9. The van der Waals surface area contributed by atoms with E-state index in [0.29, 0.717) is 22.1 Å². The molecule has 0 fully saturated rings. The summed E-state index contributed by atoms with van der Waals surface area (Å²) in [5, 5.41) is 3.29. The third-order valence-electron chi connectivity index (χ3n) is 2.99. The zero-order valence-electron chi connectivity index (χ0n) is 11.9. The minimum Gasteiger partial charge on any atom is -0.483 e. The van der Waals surface area contributed by atoms with Crippen molar-refractivity contribution in [1.29, 1.82) is 0 Å². The van der Waals surface area contributed by atoms with Crippen LogP contribution in [0.25, 0.3) is 0 Å². The molecule has 1 amide bonds. The molecule has 2 rings (SSSR count). The molecule has 0 radical (unpaired) electrons. The van der Waals surface area contributed by atoms with Gasteiger partial charge in [0.1, 0.15) is 5.75 Å². The maximum atomic E-state index is 11.9. The minimum absolute atomic E-state index is 0.103. The van der Waals surface area contributed by atoms with Crippen molar-refractivity contribution < 1.29 is 9.53 Å². The first-order valence-electron chi connectivity index (χ1n) is 6.50.